The summed E-state index contributed by atoms with van der Waals surface area (Å²) in [5, 5.41) is 0. The molecule has 1 saturated heterocycles. The van der Waals surface area contributed by atoms with Crippen LogP contribution in [0.25, 0.3) is 11.0 Å². The number of hydrogen-bond donors (Lipinski definition) is 2. The van der Waals surface area contributed by atoms with Crippen LogP contribution in [0.4, 0.5) is 5.95 Å². The molecule has 0 aliphatic carbocycles. The lowest BCUT2D eigenvalue weighted by atomic mass is 10.1. The molecule has 1 aliphatic rings. The Labute approximate surface area is 107 Å². The van der Waals surface area contributed by atoms with Gasteiger partial charge in [-0.05, 0) is 31.0 Å². The van der Waals surface area contributed by atoms with E-state index in [9.17, 15) is 0 Å². The van der Waals surface area contributed by atoms with E-state index in [1.807, 2.05) is 18.2 Å². The van der Waals surface area contributed by atoms with Crippen LogP contribution in [-0.2, 0) is 0 Å². The molecule has 1 aliphatic heterocycles. The number of rotatable bonds is 2. The van der Waals surface area contributed by atoms with Crippen molar-refractivity contribution < 1.29 is 0 Å². The van der Waals surface area contributed by atoms with E-state index in [4.69, 9.17) is 5.73 Å². The fraction of sp³-hybridized carbons (Fsp3) is 0.417. The van der Waals surface area contributed by atoms with E-state index in [2.05, 4.69) is 20.9 Å². The molecule has 1 fully saturated rings. The van der Waals surface area contributed by atoms with Gasteiger partial charge in [0.1, 0.15) is 0 Å². The van der Waals surface area contributed by atoms with Crippen LogP contribution in [0.3, 0.4) is 0 Å². The Morgan fingerprint density at radius 1 is 1.41 bits per heavy atom. The third kappa shape index (κ3) is 2.23. The summed E-state index contributed by atoms with van der Waals surface area (Å²) in [6.07, 6.45) is 1.17. The van der Waals surface area contributed by atoms with Gasteiger partial charge in [-0.15, -0.1) is 12.4 Å². The summed E-state index contributed by atoms with van der Waals surface area (Å²) < 4.78 is 0. The molecule has 1 unspecified atom stereocenters. The second-order valence-corrected chi connectivity index (χ2v) is 4.41. The monoisotopic (exact) mass is 252 g/mol. The Morgan fingerprint density at radius 3 is 2.94 bits per heavy atom. The second kappa shape index (κ2) is 4.94. The zero-order chi connectivity index (χ0) is 11.0. The first-order valence-electron chi connectivity index (χ1n) is 5.76. The van der Waals surface area contributed by atoms with Crippen LogP contribution in [0.5, 0.6) is 0 Å². The quantitative estimate of drug-likeness (QED) is 0.857. The average molecular weight is 253 g/mol. The van der Waals surface area contributed by atoms with Gasteiger partial charge in [0, 0.05) is 13.1 Å². The van der Waals surface area contributed by atoms with E-state index >= 15 is 0 Å². The minimum absolute atomic E-state index is 0. The molecule has 0 amide bonds. The van der Waals surface area contributed by atoms with Gasteiger partial charge < -0.3 is 15.6 Å². The number of hydrogen-bond acceptors (Lipinski definition) is 3. The van der Waals surface area contributed by atoms with E-state index < -0.39 is 0 Å². The van der Waals surface area contributed by atoms with Crippen LogP contribution in [0.1, 0.15) is 6.42 Å². The first-order valence-corrected chi connectivity index (χ1v) is 5.76. The third-order valence-corrected chi connectivity index (χ3v) is 3.30. The van der Waals surface area contributed by atoms with Crippen LogP contribution >= 0.6 is 12.4 Å². The van der Waals surface area contributed by atoms with E-state index in [0.29, 0.717) is 5.92 Å². The number of fused-ring (bicyclic) bond motifs is 1. The first-order chi connectivity index (χ1) is 7.86. The Balaban J connectivity index is 0.00000108. The Morgan fingerprint density at radius 2 is 2.24 bits per heavy atom. The fourth-order valence-electron chi connectivity index (χ4n) is 2.31. The lowest BCUT2D eigenvalue weighted by Crippen LogP contribution is -2.23. The normalized spacial score (nSPS) is 19.6. The number of aromatic amines is 1. The van der Waals surface area contributed by atoms with Crippen LogP contribution in [0, 0.1) is 5.92 Å². The number of H-pyrrole nitrogens is 1. The summed E-state index contributed by atoms with van der Waals surface area (Å²) in [5.41, 5.74) is 7.83. The van der Waals surface area contributed by atoms with E-state index in [1.54, 1.807) is 0 Å². The highest BCUT2D eigenvalue weighted by Gasteiger charge is 2.23. The average Bonchev–Trinajstić information content (AvgIpc) is 2.95. The molecule has 1 atom stereocenters. The van der Waals surface area contributed by atoms with Crippen LogP contribution < -0.4 is 10.6 Å². The van der Waals surface area contributed by atoms with Crippen molar-refractivity contribution in [1.82, 2.24) is 9.97 Å². The molecule has 0 spiro atoms. The number of aromatic nitrogens is 2. The Bertz CT molecular complexity index is 463. The van der Waals surface area contributed by atoms with Crippen molar-refractivity contribution in [2.75, 3.05) is 24.5 Å². The number of nitrogens with one attached hydrogen (secondary N) is 1. The van der Waals surface area contributed by atoms with Gasteiger partial charge >= 0.3 is 0 Å². The first kappa shape index (κ1) is 12.2. The summed E-state index contributed by atoms with van der Waals surface area (Å²) in [6.45, 7) is 2.86. The zero-order valence-electron chi connectivity index (χ0n) is 9.60. The maximum atomic E-state index is 5.69. The van der Waals surface area contributed by atoms with E-state index in [-0.39, 0.29) is 12.4 Å². The van der Waals surface area contributed by atoms with Crippen molar-refractivity contribution in [3.05, 3.63) is 24.3 Å². The Hall–Kier alpha value is -1.26. The molecule has 0 saturated carbocycles. The number of para-hydroxylation sites is 2. The molecule has 1 aromatic heterocycles. The van der Waals surface area contributed by atoms with Gasteiger partial charge in [0.25, 0.3) is 0 Å². The minimum Gasteiger partial charge on any atom is -0.342 e. The van der Waals surface area contributed by atoms with Crippen molar-refractivity contribution in [3.63, 3.8) is 0 Å². The summed E-state index contributed by atoms with van der Waals surface area (Å²) in [6, 6.07) is 8.13. The lowest BCUT2D eigenvalue weighted by Gasteiger charge is -2.14. The fourth-order valence-corrected chi connectivity index (χ4v) is 2.31. The van der Waals surface area contributed by atoms with Crippen molar-refractivity contribution in [3.8, 4) is 0 Å². The predicted octanol–water partition coefficient (Wildman–Crippen LogP) is 1.77. The molecule has 17 heavy (non-hydrogen) atoms. The molecule has 5 heteroatoms. The molecule has 2 aromatic rings. The largest absolute Gasteiger partial charge is 0.342 e. The van der Waals surface area contributed by atoms with Gasteiger partial charge in [-0.1, -0.05) is 12.1 Å². The number of benzene rings is 1. The van der Waals surface area contributed by atoms with Gasteiger partial charge in [-0.25, -0.2) is 4.98 Å². The maximum absolute atomic E-state index is 5.69. The SMILES string of the molecule is Cl.NCC1CCN(c2nc3ccccc3[nH]2)C1. The van der Waals surface area contributed by atoms with E-state index in [0.717, 1.165) is 36.6 Å². The third-order valence-electron chi connectivity index (χ3n) is 3.30. The predicted molar refractivity (Wildman–Crippen MR) is 72.7 cm³/mol. The number of nitrogens with two attached hydrogens (primary N) is 1. The molecule has 0 bridgehead atoms. The highest BCUT2D eigenvalue weighted by atomic mass is 35.5. The van der Waals surface area contributed by atoms with Crippen molar-refractivity contribution >= 4 is 29.4 Å². The number of nitrogens with zero attached hydrogens (tertiary/aromatic N) is 2. The highest BCUT2D eigenvalue weighted by Crippen LogP contribution is 2.23. The highest BCUT2D eigenvalue weighted by molar-refractivity contribution is 5.85. The van der Waals surface area contributed by atoms with Crippen molar-refractivity contribution in [2.45, 2.75) is 6.42 Å². The Kier molecular flexibility index (Phi) is 3.54. The standard InChI is InChI=1S/C12H16N4.ClH/c13-7-9-5-6-16(8-9)12-14-10-3-1-2-4-11(10)15-12;/h1-4,9H,5-8,13H2,(H,14,15);1H. The summed E-state index contributed by atoms with van der Waals surface area (Å²) in [7, 11) is 0. The molecule has 0 radical (unpaired) electrons. The maximum Gasteiger partial charge on any atom is 0.203 e. The van der Waals surface area contributed by atoms with Gasteiger partial charge in [0.05, 0.1) is 11.0 Å². The molecule has 92 valence electrons. The van der Waals surface area contributed by atoms with Crippen LogP contribution in [0.15, 0.2) is 24.3 Å². The summed E-state index contributed by atoms with van der Waals surface area (Å²) in [4.78, 5) is 10.2. The van der Waals surface area contributed by atoms with Crippen molar-refractivity contribution in [1.29, 1.82) is 0 Å². The molecule has 3 N–H and O–H groups in total. The molecular formula is C12H17ClN4. The number of imidazole rings is 1. The topological polar surface area (TPSA) is 57.9 Å². The lowest BCUT2D eigenvalue weighted by molar-refractivity contribution is 0.602. The number of halogens is 1. The molecule has 1 aromatic carbocycles. The molecule has 2 heterocycles. The van der Waals surface area contributed by atoms with Crippen molar-refractivity contribution in [2.24, 2.45) is 11.7 Å². The zero-order valence-corrected chi connectivity index (χ0v) is 10.4. The minimum atomic E-state index is 0. The molecular weight excluding hydrogens is 236 g/mol. The van der Waals surface area contributed by atoms with Gasteiger partial charge in [-0.2, -0.15) is 0 Å². The van der Waals surface area contributed by atoms with Crippen LogP contribution in [-0.4, -0.2) is 29.6 Å². The van der Waals surface area contributed by atoms with Crippen LogP contribution in [0.2, 0.25) is 0 Å². The molecule has 3 rings (SSSR count). The smallest absolute Gasteiger partial charge is 0.203 e. The second-order valence-electron chi connectivity index (χ2n) is 4.41. The summed E-state index contributed by atoms with van der Waals surface area (Å²) >= 11 is 0. The van der Waals surface area contributed by atoms with Gasteiger partial charge in [-0.3, -0.25) is 0 Å². The van der Waals surface area contributed by atoms with Gasteiger partial charge in [0.15, 0.2) is 0 Å². The number of anilines is 1. The summed E-state index contributed by atoms with van der Waals surface area (Å²) in [5.74, 6) is 1.60. The van der Waals surface area contributed by atoms with E-state index in [1.165, 1.54) is 6.42 Å². The van der Waals surface area contributed by atoms with Gasteiger partial charge in [0.2, 0.25) is 5.95 Å². The molecule has 4 nitrogen and oxygen atoms in total.